The number of aryl methyl sites for hydroxylation is 2. The lowest BCUT2D eigenvalue weighted by Gasteiger charge is -2.13. The average molecular weight is 389 g/mol. The first-order valence-corrected chi connectivity index (χ1v) is 7.96. The van der Waals surface area contributed by atoms with Crippen LogP contribution in [-0.2, 0) is 13.2 Å². The summed E-state index contributed by atoms with van der Waals surface area (Å²) in [5.41, 5.74) is 8.16. The van der Waals surface area contributed by atoms with Gasteiger partial charge in [0.1, 0.15) is 17.3 Å². The Morgan fingerprint density at radius 3 is 2.86 bits per heavy atom. The predicted molar refractivity (Wildman–Crippen MR) is 92.0 cm³/mol. The van der Waals surface area contributed by atoms with Gasteiger partial charge in [-0.2, -0.15) is 5.10 Å². The lowest BCUT2D eigenvalue weighted by atomic mass is 10.2. The van der Waals surface area contributed by atoms with Gasteiger partial charge in [0.05, 0.1) is 26.4 Å². The number of aromatic nitrogens is 2. The standard InChI is InChI=1S/C14H15BrClN3OS/c1-3-19-10(13(15)8(2)18-19)7-20-11-6-4-5-9(16)12(11)14(17)21/h4-6H,3,7H2,1-2H3,(H2,17,21). The van der Waals surface area contributed by atoms with Gasteiger partial charge in [-0.15, -0.1) is 0 Å². The van der Waals surface area contributed by atoms with Crippen molar-refractivity contribution in [1.29, 1.82) is 0 Å². The van der Waals surface area contributed by atoms with Crippen molar-refractivity contribution in [3.05, 3.63) is 44.6 Å². The van der Waals surface area contributed by atoms with E-state index in [2.05, 4.69) is 21.0 Å². The van der Waals surface area contributed by atoms with E-state index in [9.17, 15) is 0 Å². The number of rotatable bonds is 5. The number of ether oxygens (including phenoxy) is 1. The molecule has 0 saturated carbocycles. The van der Waals surface area contributed by atoms with Gasteiger partial charge in [-0.1, -0.05) is 29.9 Å². The molecule has 0 saturated heterocycles. The van der Waals surface area contributed by atoms with Crippen LogP contribution in [0, 0.1) is 6.92 Å². The molecular weight excluding hydrogens is 374 g/mol. The van der Waals surface area contributed by atoms with Gasteiger partial charge in [-0.25, -0.2) is 0 Å². The highest BCUT2D eigenvalue weighted by molar-refractivity contribution is 9.10. The van der Waals surface area contributed by atoms with Gasteiger partial charge in [0.2, 0.25) is 0 Å². The summed E-state index contributed by atoms with van der Waals surface area (Å²) in [5, 5.41) is 4.91. The summed E-state index contributed by atoms with van der Waals surface area (Å²) >= 11 is 14.7. The summed E-state index contributed by atoms with van der Waals surface area (Å²) in [6.07, 6.45) is 0. The van der Waals surface area contributed by atoms with Crippen molar-refractivity contribution >= 4 is 44.7 Å². The van der Waals surface area contributed by atoms with Gasteiger partial charge in [0, 0.05) is 6.54 Å². The molecule has 0 atom stereocenters. The molecule has 0 aliphatic carbocycles. The van der Waals surface area contributed by atoms with E-state index in [0.29, 0.717) is 22.9 Å². The highest BCUT2D eigenvalue weighted by Gasteiger charge is 2.15. The molecular formula is C14H15BrClN3OS. The van der Waals surface area contributed by atoms with Gasteiger partial charge < -0.3 is 10.5 Å². The highest BCUT2D eigenvalue weighted by atomic mass is 79.9. The second-order valence-electron chi connectivity index (χ2n) is 4.43. The minimum atomic E-state index is 0.217. The van der Waals surface area contributed by atoms with E-state index < -0.39 is 0 Å². The van der Waals surface area contributed by atoms with Crippen LogP contribution in [0.15, 0.2) is 22.7 Å². The van der Waals surface area contributed by atoms with Crippen molar-refractivity contribution in [3.8, 4) is 5.75 Å². The zero-order chi connectivity index (χ0) is 15.6. The van der Waals surface area contributed by atoms with E-state index in [4.69, 9.17) is 34.3 Å². The minimum Gasteiger partial charge on any atom is -0.486 e. The van der Waals surface area contributed by atoms with Crippen LogP contribution in [0.1, 0.15) is 23.9 Å². The van der Waals surface area contributed by atoms with Crippen LogP contribution < -0.4 is 10.5 Å². The molecule has 0 bridgehead atoms. The Labute approximate surface area is 142 Å². The fourth-order valence-corrected chi connectivity index (χ4v) is 2.95. The third-order valence-electron chi connectivity index (χ3n) is 3.04. The predicted octanol–water partition coefficient (Wildman–Crippen LogP) is 3.84. The van der Waals surface area contributed by atoms with Gasteiger partial charge in [0.15, 0.2) is 0 Å². The monoisotopic (exact) mass is 387 g/mol. The van der Waals surface area contributed by atoms with E-state index in [-0.39, 0.29) is 4.99 Å². The Balaban J connectivity index is 2.29. The maximum absolute atomic E-state index is 6.13. The van der Waals surface area contributed by atoms with Crippen LogP contribution in [0.3, 0.4) is 0 Å². The van der Waals surface area contributed by atoms with Gasteiger partial charge in [0.25, 0.3) is 0 Å². The molecule has 0 aliphatic heterocycles. The van der Waals surface area contributed by atoms with Crippen molar-refractivity contribution in [2.24, 2.45) is 5.73 Å². The van der Waals surface area contributed by atoms with Crippen LogP contribution in [0.5, 0.6) is 5.75 Å². The number of hydrogen-bond acceptors (Lipinski definition) is 3. The van der Waals surface area contributed by atoms with E-state index in [1.54, 1.807) is 18.2 Å². The summed E-state index contributed by atoms with van der Waals surface area (Å²) in [6.45, 7) is 5.09. The lowest BCUT2D eigenvalue weighted by molar-refractivity contribution is 0.291. The van der Waals surface area contributed by atoms with E-state index in [0.717, 1.165) is 22.4 Å². The molecule has 2 aromatic rings. The molecule has 2 N–H and O–H groups in total. The summed E-state index contributed by atoms with van der Waals surface area (Å²) in [7, 11) is 0. The van der Waals surface area contributed by atoms with E-state index >= 15 is 0 Å². The Bertz CT molecular complexity index is 687. The first kappa shape index (κ1) is 16.3. The number of benzene rings is 1. The molecule has 112 valence electrons. The average Bonchev–Trinajstić information content (AvgIpc) is 2.71. The van der Waals surface area contributed by atoms with Gasteiger partial charge in [-0.3, -0.25) is 4.68 Å². The normalized spacial score (nSPS) is 10.7. The minimum absolute atomic E-state index is 0.217. The van der Waals surface area contributed by atoms with Crippen LogP contribution in [0.25, 0.3) is 0 Å². The molecule has 0 unspecified atom stereocenters. The smallest absolute Gasteiger partial charge is 0.131 e. The first-order valence-electron chi connectivity index (χ1n) is 6.38. The highest BCUT2D eigenvalue weighted by Crippen LogP contribution is 2.28. The molecule has 0 radical (unpaired) electrons. The summed E-state index contributed by atoms with van der Waals surface area (Å²) in [4.78, 5) is 0.217. The second-order valence-corrected chi connectivity index (χ2v) is 6.07. The zero-order valence-electron chi connectivity index (χ0n) is 11.7. The van der Waals surface area contributed by atoms with Crippen LogP contribution >= 0.6 is 39.7 Å². The fourth-order valence-electron chi connectivity index (χ4n) is 2.02. The van der Waals surface area contributed by atoms with E-state index in [1.807, 2.05) is 18.5 Å². The molecule has 0 fully saturated rings. The lowest BCUT2D eigenvalue weighted by Crippen LogP contribution is -2.13. The largest absolute Gasteiger partial charge is 0.486 e. The fraction of sp³-hybridized carbons (Fsp3) is 0.286. The Morgan fingerprint density at radius 2 is 2.24 bits per heavy atom. The van der Waals surface area contributed by atoms with Crippen molar-refractivity contribution < 1.29 is 4.74 Å². The molecule has 4 nitrogen and oxygen atoms in total. The van der Waals surface area contributed by atoms with Gasteiger partial charge in [-0.05, 0) is 41.9 Å². The maximum atomic E-state index is 6.13. The molecule has 2 rings (SSSR count). The van der Waals surface area contributed by atoms with Gasteiger partial charge >= 0.3 is 0 Å². The summed E-state index contributed by atoms with van der Waals surface area (Å²) in [6, 6.07) is 5.34. The Kier molecular flexibility index (Phi) is 5.24. The van der Waals surface area contributed by atoms with Crippen molar-refractivity contribution in [1.82, 2.24) is 9.78 Å². The first-order chi connectivity index (χ1) is 9.95. The Morgan fingerprint density at radius 1 is 1.52 bits per heavy atom. The van der Waals surface area contributed by atoms with E-state index in [1.165, 1.54) is 0 Å². The molecule has 0 spiro atoms. The number of nitrogens with two attached hydrogens (primary N) is 1. The van der Waals surface area contributed by atoms with Crippen molar-refractivity contribution in [3.63, 3.8) is 0 Å². The molecule has 1 aromatic carbocycles. The molecule has 0 amide bonds. The second kappa shape index (κ2) is 6.77. The number of nitrogens with zero attached hydrogens (tertiary/aromatic N) is 2. The number of halogens is 2. The maximum Gasteiger partial charge on any atom is 0.131 e. The van der Waals surface area contributed by atoms with Crippen LogP contribution in [0.2, 0.25) is 5.02 Å². The summed E-state index contributed by atoms with van der Waals surface area (Å²) in [5.74, 6) is 0.573. The number of thiocarbonyl (C=S) groups is 1. The SMILES string of the molecule is CCn1nc(C)c(Br)c1COc1cccc(Cl)c1C(N)=S. The van der Waals surface area contributed by atoms with Crippen molar-refractivity contribution in [2.45, 2.75) is 27.0 Å². The van der Waals surface area contributed by atoms with Crippen molar-refractivity contribution in [2.75, 3.05) is 0 Å². The quantitative estimate of drug-likeness (QED) is 0.791. The van der Waals surface area contributed by atoms with Crippen LogP contribution in [0.4, 0.5) is 0 Å². The third-order valence-corrected chi connectivity index (χ3v) is 4.59. The Hall–Kier alpha value is -1.11. The molecule has 7 heteroatoms. The number of hydrogen-bond donors (Lipinski definition) is 1. The molecule has 0 aliphatic rings. The topological polar surface area (TPSA) is 53.1 Å². The molecule has 21 heavy (non-hydrogen) atoms. The molecule has 1 aromatic heterocycles. The third kappa shape index (κ3) is 3.39. The molecule has 1 heterocycles. The van der Waals surface area contributed by atoms with Crippen LogP contribution in [-0.4, -0.2) is 14.8 Å². The zero-order valence-corrected chi connectivity index (χ0v) is 14.8. The summed E-state index contributed by atoms with van der Waals surface area (Å²) < 4.78 is 8.70.